The van der Waals surface area contributed by atoms with Gasteiger partial charge in [-0.25, -0.2) is 17.9 Å². The van der Waals surface area contributed by atoms with Crippen molar-refractivity contribution in [2.24, 2.45) is 5.41 Å². The number of rotatable bonds is 4. The first-order valence-corrected chi connectivity index (χ1v) is 10.4. The van der Waals surface area contributed by atoms with Crippen molar-refractivity contribution in [3.8, 4) is 28.6 Å². The van der Waals surface area contributed by atoms with E-state index in [9.17, 15) is 18.3 Å². The molecular weight excluding hydrogens is 423 g/mol. The molecule has 2 saturated carbocycles. The molecule has 0 radical (unpaired) electrons. The molecule has 1 aromatic carbocycles. The molecule has 1 aliphatic heterocycles. The Labute approximate surface area is 181 Å². The van der Waals surface area contributed by atoms with Gasteiger partial charge >= 0.3 is 0 Å². The van der Waals surface area contributed by atoms with Crippen LogP contribution in [-0.2, 0) is 0 Å². The van der Waals surface area contributed by atoms with Crippen molar-refractivity contribution in [3.05, 3.63) is 48.3 Å². The molecular formula is C22H20F3N5O2. The number of phenolic OH excluding ortho intramolecular Hbond substituents is 1. The maximum atomic E-state index is 14.8. The highest BCUT2D eigenvalue weighted by atomic mass is 19.2. The number of hydrogen-bond acceptors (Lipinski definition) is 6. The Morgan fingerprint density at radius 1 is 1.19 bits per heavy atom. The van der Waals surface area contributed by atoms with Gasteiger partial charge in [-0.15, -0.1) is 10.2 Å². The number of benzene rings is 1. The van der Waals surface area contributed by atoms with Gasteiger partial charge in [0, 0.05) is 36.9 Å². The monoisotopic (exact) mass is 443 g/mol. The molecule has 6 unspecified atom stereocenters. The lowest BCUT2D eigenvalue weighted by molar-refractivity contribution is 0.00201. The standard InChI is InChI=1S/C22H20F3N5O2/c1-11-6-7-30(29-11)12-2-3-13(15(31)8-12)14-4-5-17(28-27-14)32-16-9-21-10-26-19(18(16)23)22(21,25)20(21)24/h2-8,16,18-20,26,31H,9-10H2,1H3. The molecule has 6 rings (SSSR count). The zero-order valence-corrected chi connectivity index (χ0v) is 17.0. The van der Waals surface area contributed by atoms with Gasteiger partial charge in [0.2, 0.25) is 5.88 Å². The van der Waals surface area contributed by atoms with Crippen molar-refractivity contribution >= 4 is 0 Å². The zero-order valence-electron chi connectivity index (χ0n) is 17.0. The first-order chi connectivity index (χ1) is 15.3. The molecule has 3 fully saturated rings. The van der Waals surface area contributed by atoms with Crippen molar-refractivity contribution in [3.63, 3.8) is 0 Å². The Hall–Kier alpha value is -3.14. The molecule has 7 nitrogen and oxygen atoms in total. The van der Waals surface area contributed by atoms with Crippen LogP contribution >= 0.6 is 0 Å². The molecule has 2 aliphatic carbocycles. The minimum atomic E-state index is -2.14. The lowest BCUT2D eigenvalue weighted by atomic mass is 9.85. The molecule has 0 spiro atoms. The second-order valence-corrected chi connectivity index (χ2v) is 8.81. The van der Waals surface area contributed by atoms with Crippen LogP contribution in [0.15, 0.2) is 42.6 Å². The van der Waals surface area contributed by atoms with Gasteiger partial charge in [-0.3, -0.25) is 0 Å². The van der Waals surface area contributed by atoms with Crippen LogP contribution in [0.4, 0.5) is 13.2 Å². The Kier molecular flexibility index (Phi) is 3.93. The molecule has 2 N–H and O–H groups in total. The number of phenols is 1. The first kappa shape index (κ1) is 19.5. The molecule has 10 heteroatoms. The number of hydrogen-bond donors (Lipinski definition) is 2. The highest BCUT2D eigenvalue weighted by Gasteiger charge is 2.89. The summed E-state index contributed by atoms with van der Waals surface area (Å²) in [5.41, 5.74) is -0.949. The molecule has 6 atom stereocenters. The number of ether oxygens (including phenoxy) is 1. The van der Waals surface area contributed by atoms with E-state index in [1.165, 1.54) is 6.07 Å². The third kappa shape index (κ3) is 2.49. The summed E-state index contributed by atoms with van der Waals surface area (Å²) in [7, 11) is 0. The van der Waals surface area contributed by atoms with Crippen LogP contribution < -0.4 is 10.1 Å². The summed E-state index contributed by atoms with van der Waals surface area (Å²) in [6, 6.07) is 8.79. The normalized spacial score (nSPS) is 34.9. The largest absolute Gasteiger partial charge is 0.507 e. The summed E-state index contributed by atoms with van der Waals surface area (Å²) in [6.07, 6.45) is -2.64. The first-order valence-electron chi connectivity index (χ1n) is 10.4. The van der Waals surface area contributed by atoms with Gasteiger partial charge in [-0.1, -0.05) is 0 Å². The van der Waals surface area contributed by atoms with E-state index in [4.69, 9.17) is 4.74 Å². The van der Waals surface area contributed by atoms with Gasteiger partial charge in [0.05, 0.1) is 28.5 Å². The number of alkyl halides is 3. The van der Waals surface area contributed by atoms with Crippen LogP contribution in [0.25, 0.3) is 16.9 Å². The lowest BCUT2D eigenvalue weighted by Gasteiger charge is -2.32. The average molecular weight is 443 g/mol. The van der Waals surface area contributed by atoms with Gasteiger partial charge in [0.1, 0.15) is 18.0 Å². The number of piperidine rings is 1. The molecule has 3 aromatic rings. The zero-order chi connectivity index (χ0) is 22.3. The van der Waals surface area contributed by atoms with Crippen LogP contribution in [0.1, 0.15) is 12.1 Å². The third-order valence-corrected chi connectivity index (χ3v) is 7.02. The number of aryl methyl sites for hydroxylation is 1. The van der Waals surface area contributed by atoms with E-state index in [-0.39, 0.29) is 24.6 Å². The minimum absolute atomic E-state index is 0.00141. The number of halogens is 3. The molecule has 0 amide bonds. The number of nitrogens with zero attached hydrogens (tertiary/aromatic N) is 4. The van der Waals surface area contributed by atoms with Crippen molar-refractivity contribution in [2.45, 2.75) is 43.5 Å². The Morgan fingerprint density at radius 3 is 2.69 bits per heavy atom. The van der Waals surface area contributed by atoms with Crippen LogP contribution in [0.3, 0.4) is 0 Å². The predicted molar refractivity (Wildman–Crippen MR) is 108 cm³/mol. The lowest BCUT2D eigenvalue weighted by Crippen LogP contribution is -2.52. The van der Waals surface area contributed by atoms with Crippen LogP contribution in [-0.4, -0.2) is 61.8 Å². The molecule has 2 aromatic heterocycles. The summed E-state index contributed by atoms with van der Waals surface area (Å²) >= 11 is 0. The fourth-order valence-electron chi connectivity index (χ4n) is 5.25. The second kappa shape index (κ2) is 6.44. The molecule has 1 saturated heterocycles. The second-order valence-electron chi connectivity index (χ2n) is 8.81. The summed E-state index contributed by atoms with van der Waals surface area (Å²) < 4.78 is 51.0. The van der Waals surface area contributed by atoms with Crippen LogP contribution in [0, 0.1) is 12.3 Å². The highest BCUT2D eigenvalue weighted by Crippen LogP contribution is 2.71. The van der Waals surface area contributed by atoms with Gasteiger partial charge < -0.3 is 15.2 Å². The molecule has 3 aliphatic rings. The molecule has 32 heavy (non-hydrogen) atoms. The smallest absolute Gasteiger partial charge is 0.233 e. The Bertz CT molecular complexity index is 1200. The summed E-state index contributed by atoms with van der Waals surface area (Å²) in [5, 5.41) is 25.6. The van der Waals surface area contributed by atoms with Crippen LogP contribution in [0.2, 0.25) is 0 Å². The van der Waals surface area contributed by atoms with Gasteiger partial charge in [-0.05, 0) is 31.2 Å². The Morgan fingerprint density at radius 2 is 2.03 bits per heavy atom. The summed E-state index contributed by atoms with van der Waals surface area (Å²) in [5.74, 6) is 0.0567. The van der Waals surface area contributed by atoms with E-state index < -0.39 is 35.6 Å². The van der Waals surface area contributed by atoms with Crippen molar-refractivity contribution < 1.29 is 23.0 Å². The van der Waals surface area contributed by atoms with Crippen LogP contribution in [0.5, 0.6) is 11.6 Å². The predicted octanol–water partition coefficient (Wildman–Crippen LogP) is 2.85. The highest BCUT2D eigenvalue weighted by molar-refractivity contribution is 5.68. The van der Waals surface area contributed by atoms with Crippen molar-refractivity contribution in [1.82, 2.24) is 25.3 Å². The molecule has 2 bridgehead atoms. The quantitative estimate of drug-likeness (QED) is 0.645. The van der Waals surface area contributed by atoms with E-state index in [0.717, 1.165) is 5.69 Å². The fraction of sp³-hybridized carbons (Fsp3) is 0.409. The van der Waals surface area contributed by atoms with E-state index in [0.29, 0.717) is 16.9 Å². The average Bonchev–Trinajstić information content (AvgIpc) is 3.06. The van der Waals surface area contributed by atoms with Gasteiger partial charge in [0.25, 0.3) is 0 Å². The maximum absolute atomic E-state index is 14.8. The van der Waals surface area contributed by atoms with Crippen molar-refractivity contribution in [2.75, 3.05) is 6.54 Å². The number of aromatic nitrogens is 4. The molecule has 3 heterocycles. The van der Waals surface area contributed by atoms with E-state index >= 15 is 0 Å². The van der Waals surface area contributed by atoms with E-state index in [2.05, 4.69) is 20.6 Å². The van der Waals surface area contributed by atoms with Gasteiger partial charge in [0.15, 0.2) is 11.8 Å². The van der Waals surface area contributed by atoms with Gasteiger partial charge in [-0.2, -0.15) is 5.10 Å². The number of aromatic hydroxyl groups is 1. The number of nitrogens with one attached hydrogen (secondary N) is 1. The third-order valence-electron chi connectivity index (χ3n) is 7.02. The fourth-order valence-corrected chi connectivity index (χ4v) is 5.25. The summed E-state index contributed by atoms with van der Waals surface area (Å²) in [6.45, 7) is 1.98. The topological polar surface area (TPSA) is 85.1 Å². The summed E-state index contributed by atoms with van der Waals surface area (Å²) in [4.78, 5) is 0. The maximum Gasteiger partial charge on any atom is 0.233 e. The van der Waals surface area contributed by atoms with Crippen molar-refractivity contribution in [1.29, 1.82) is 0 Å². The van der Waals surface area contributed by atoms with E-state index in [1.807, 2.05) is 13.0 Å². The SMILES string of the molecule is Cc1ccn(-c2ccc(-c3ccc(OC4CC56CNC(C4F)C5(F)C6F)nn3)c(O)c2)n1. The Balaban J connectivity index is 1.20. The molecule has 166 valence electrons. The van der Waals surface area contributed by atoms with E-state index in [1.54, 1.807) is 35.1 Å². The minimum Gasteiger partial charge on any atom is -0.507 e.